The van der Waals surface area contributed by atoms with Gasteiger partial charge >= 0.3 is 0 Å². The topological polar surface area (TPSA) is 105 Å². The molecule has 1 aromatic heterocycles. The predicted octanol–water partition coefficient (Wildman–Crippen LogP) is 2.86. The lowest BCUT2D eigenvalue weighted by atomic mass is 10.2. The van der Waals surface area contributed by atoms with Crippen LogP contribution < -0.4 is 5.32 Å². The largest absolute Gasteiger partial charge is 0.330 e. The van der Waals surface area contributed by atoms with Gasteiger partial charge in [0.15, 0.2) is 5.13 Å². The van der Waals surface area contributed by atoms with Crippen molar-refractivity contribution >= 4 is 40.0 Å². The van der Waals surface area contributed by atoms with Gasteiger partial charge in [0.25, 0.3) is 5.69 Å². The standard InChI is InChI=1S/C17H18N4O4S/c1-3-20(10-15(22)19-17-18-12(2)11-26-17)16(23)9-6-13-4-7-14(8-5-13)21(24)25/h4-9,11H,3,10H2,1-2H3,(H,18,19,22). The van der Waals surface area contributed by atoms with E-state index in [1.807, 2.05) is 12.3 Å². The van der Waals surface area contributed by atoms with Crippen molar-refractivity contribution in [1.82, 2.24) is 9.88 Å². The van der Waals surface area contributed by atoms with E-state index in [-0.39, 0.29) is 24.0 Å². The summed E-state index contributed by atoms with van der Waals surface area (Å²) in [4.78, 5) is 40.0. The number of hydrogen-bond donors (Lipinski definition) is 1. The van der Waals surface area contributed by atoms with Crippen LogP contribution in [0.3, 0.4) is 0 Å². The maximum Gasteiger partial charge on any atom is 0.269 e. The second-order valence-electron chi connectivity index (χ2n) is 5.38. The average molecular weight is 374 g/mol. The van der Waals surface area contributed by atoms with Gasteiger partial charge in [0, 0.05) is 30.1 Å². The van der Waals surface area contributed by atoms with Crippen LogP contribution in [0.15, 0.2) is 35.7 Å². The average Bonchev–Trinajstić information content (AvgIpc) is 3.02. The number of hydrogen-bond acceptors (Lipinski definition) is 6. The number of carbonyl (C=O) groups excluding carboxylic acids is 2. The fraction of sp³-hybridized carbons (Fsp3) is 0.235. The quantitative estimate of drug-likeness (QED) is 0.456. The summed E-state index contributed by atoms with van der Waals surface area (Å²) in [6.45, 7) is 3.89. The number of aromatic nitrogens is 1. The van der Waals surface area contributed by atoms with Crippen LogP contribution in [-0.4, -0.2) is 39.7 Å². The Bertz CT molecular complexity index is 830. The molecule has 0 aliphatic heterocycles. The van der Waals surface area contributed by atoms with Crippen LogP contribution in [0, 0.1) is 17.0 Å². The minimum Gasteiger partial charge on any atom is -0.330 e. The molecule has 0 unspecified atom stereocenters. The molecule has 1 aromatic carbocycles. The Kier molecular flexibility index (Phi) is 6.56. The van der Waals surface area contributed by atoms with Crippen LogP contribution in [-0.2, 0) is 9.59 Å². The summed E-state index contributed by atoms with van der Waals surface area (Å²) < 4.78 is 0. The third-order valence-electron chi connectivity index (χ3n) is 3.42. The Hall–Kier alpha value is -3.07. The minimum absolute atomic E-state index is 0.0160. The fourth-order valence-electron chi connectivity index (χ4n) is 2.07. The second-order valence-corrected chi connectivity index (χ2v) is 6.23. The monoisotopic (exact) mass is 374 g/mol. The van der Waals surface area contributed by atoms with Crippen LogP contribution in [0.4, 0.5) is 10.8 Å². The Labute approximate surface area is 154 Å². The van der Waals surface area contributed by atoms with Crippen molar-refractivity contribution in [2.45, 2.75) is 13.8 Å². The van der Waals surface area contributed by atoms with E-state index in [2.05, 4.69) is 10.3 Å². The zero-order chi connectivity index (χ0) is 19.1. The molecule has 0 atom stereocenters. The number of carbonyl (C=O) groups is 2. The van der Waals surface area contributed by atoms with E-state index in [0.29, 0.717) is 17.2 Å². The van der Waals surface area contributed by atoms with Crippen LogP contribution in [0.2, 0.25) is 0 Å². The molecule has 2 amide bonds. The first-order chi connectivity index (χ1) is 12.4. The number of nitro benzene ring substituents is 1. The molecule has 0 fully saturated rings. The highest BCUT2D eigenvalue weighted by molar-refractivity contribution is 7.13. The van der Waals surface area contributed by atoms with E-state index in [4.69, 9.17) is 0 Å². The Morgan fingerprint density at radius 3 is 2.58 bits per heavy atom. The van der Waals surface area contributed by atoms with Crippen molar-refractivity contribution in [1.29, 1.82) is 0 Å². The van der Waals surface area contributed by atoms with Crippen LogP contribution in [0.25, 0.3) is 6.08 Å². The van der Waals surface area contributed by atoms with E-state index in [1.54, 1.807) is 25.1 Å². The highest BCUT2D eigenvalue weighted by atomic mass is 32.1. The van der Waals surface area contributed by atoms with Crippen LogP contribution in [0.1, 0.15) is 18.2 Å². The first kappa shape index (κ1) is 19.3. The Balaban J connectivity index is 1.94. The van der Waals surface area contributed by atoms with E-state index in [9.17, 15) is 19.7 Å². The van der Waals surface area contributed by atoms with Crippen molar-refractivity contribution in [3.05, 3.63) is 57.1 Å². The molecule has 2 rings (SSSR count). The molecule has 1 N–H and O–H groups in total. The molecule has 0 aliphatic carbocycles. The number of nitro groups is 1. The maximum absolute atomic E-state index is 12.3. The molecule has 0 saturated heterocycles. The smallest absolute Gasteiger partial charge is 0.269 e. The van der Waals surface area contributed by atoms with Crippen molar-refractivity contribution in [2.75, 3.05) is 18.4 Å². The number of thiazole rings is 1. The first-order valence-corrected chi connectivity index (χ1v) is 8.70. The number of anilines is 1. The number of likely N-dealkylation sites (N-methyl/N-ethyl adjacent to an activating group) is 1. The Morgan fingerprint density at radius 2 is 2.04 bits per heavy atom. The molecule has 2 aromatic rings. The summed E-state index contributed by atoms with van der Waals surface area (Å²) in [5, 5.41) is 15.6. The van der Waals surface area contributed by atoms with Crippen molar-refractivity contribution in [2.24, 2.45) is 0 Å². The third-order valence-corrected chi connectivity index (χ3v) is 4.29. The SMILES string of the molecule is CCN(CC(=O)Nc1nc(C)cs1)C(=O)C=Cc1ccc([N+](=O)[O-])cc1. The van der Waals surface area contributed by atoms with Gasteiger partial charge in [-0.15, -0.1) is 11.3 Å². The van der Waals surface area contributed by atoms with Gasteiger partial charge in [0.1, 0.15) is 6.54 Å². The summed E-state index contributed by atoms with van der Waals surface area (Å²) in [5.74, 6) is -0.644. The second kappa shape index (κ2) is 8.86. The zero-order valence-electron chi connectivity index (χ0n) is 14.3. The molecule has 0 bridgehead atoms. The number of amides is 2. The minimum atomic E-state index is -0.486. The molecule has 8 nitrogen and oxygen atoms in total. The van der Waals surface area contributed by atoms with Gasteiger partial charge in [-0.1, -0.05) is 0 Å². The van der Waals surface area contributed by atoms with Gasteiger partial charge in [-0.25, -0.2) is 4.98 Å². The summed E-state index contributed by atoms with van der Waals surface area (Å²) in [6, 6.07) is 5.84. The molecule has 9 heteroatoms. The number of benzene rings is 1. The summed E-state index contributed by atoms with van der Waals surface area (Å²) in [7, 11) is 0. The fourth-order valence-corrected chi connectivity index (χ4v) is 2.77. The van der Waals surface area contributed by atoms with Crippen LogP contribution >= 0.6 is 11.3 Å². The highest BCUT2D eigenvalue weighted by Crippen LogP contribution is 2.15. The van der Waals surface area contributed by atoms with Crippen molar-refractivity contribution in [3.63, 3.8) is 0 Å². The van der Waals surface area contributed by atoms with E-state index in [1.165, 1.54) is 34.4 Å². The number of rotatable bonds is 7. The van der Waals surface area contributed by atoms with Gasteiger partial charge in [-0.3, -0.25) is 19.7 Å². The highest BCUT2D eigenvalue weighted by Gasteiger charge is 2.14. The van der Waals surface area contributed by atoms with Crippen molar-refractivity contribution < 1.29 is 14.5 Å². The van der Waals surface area contributed by atoms with E-state index in [0.717, 1.165) is 5.69 Å². The van der Waals surface area contributed by atoms with Gasteiger partial charge in [-0.2, -0.15) is 0 Å². The molecule has 136 valence electrons. The molecule has 0 radical (unpaired) electrons. The molecule has 0 aliphatic rings. The zero-order valence-corrected chi connectivity index (χ0v) is 15.2. The lowest BCUT2D eigenvalue weighted by molar-refractivity contribution is -0.384. The van der Waals surface area contributed by atoms with Crippen molar-refractivity contribution in [3.8, 4) is 0 Å². The van der Waals surface area contributed by atoms with E-state index >= 15 is 0 Å². The number of nitrogens with zero attached hydrogens (tertiary/aromatic N) is 3. The predicted molar refractivity (Wildman–Crippen MR) is 99.9 cm³/mol. The van der Waals surface area contributed by atoms with Gasteiger partial charge in [0.2, 0.25) is 11.8 Å². The molecule has 26 heavy (non-hydrogen) atoms. The molecule has 1 heterocycles. The molecule has 0 saturated carbocycles. The maximum atomic E-state index is 12.3. The lowest BCUT2D eigenvalue weighted by Gasteiger charge is -2.18. The molecule has 0 spiro atoms. The summed E-state index contributed by atoms with van der Waals surface area (Å²) in [6.07, 6.45) is 2.89. The van der Waals surface area contributed by atoms with E-state index < -0.39 is 4.92 Å². The number of non-ortho nitro benzene ring substituents is 1. The first-order valence-electron chi connectivity index (χ1n) is 7.82. The Morgan fingerprint density at radius 1 is 1.35 bits per heavy atom. The van der Waals surface area contributed by atoms with Gasteiger partial charge in [-0.05, 0) is 37.6 Å². The number of nitrogens with one attached hydrogen (secondary N) is 1. The van der Waals surface area contributed by atoms with Gasteiger partial charge < -0.3 is 10.2 Å². The summed E-state index contributed by atoms with van der Waals surface area (Å²) >= 11 is 1.32. The van der Waals surface area contributed by atoms with Crippen LogP contribution in [0.5, 0.6) is 0 Å². The lowest BCUT2D eigenvalue weighted by Crippen LogP contribution is -2.36. The molecular formula is C17H18N4O4S. The molecular weight excluding hydrogens is 356 g/mol. The third kappa shape index (κ3) is 5.49. The summed E-state index contributed by atoms with van der Waals surface area (Å²) in [5.41, 5.74) is 1.46. The number of aryl methyl sites for hydroxylation is 1. The van der Waals surface area contributed by atoms with Gasteiger partial charge in [0.05, 0.1) is 10.6 Å². The normalized spacial score (nSPS) is 10.7.